The molecule has 3 aliphatic heterocycles. The Hall–Kier alpha value is -1.10. The SMILES string of the molecule is CCCc1ccc(N2OC(C)(C)C(C)(C)C2CC)cc1.C[C@@H]1CO[C@H]2CCOC12. The van der Waals surface area contributed by atoms with Gasteiger partial charge in [-0.25, -0.2) is 5.06 Å². The Kier molecular flexibility index (Phi) is 6.97. The molecular weight excluding hydrogens is 362 g/mol. The van der Waals surface area contributed by atoms with Crippen LogP contribution in [0.4, 0.5) is 5.69 Å². The van der Waals surface area contributed by atoms with Gasteiger partial charge >= 0.3 is 0 Å². The summed E-state index contributed by atoms with van der Waals surface area (Å²) in [5.41, 5.74) is 2.57. The molecule has 0 bridgehead atoms. The van der Waals surface area contributed by atoms with Crippen LogP contribution in [0.1, 0.15) is 73.3 Å². The number of hydrogen-bond donors (Lipinski definition) is 0. The topological polar surface area (TPSA) is 30.9 Å². The zero-order valence-corrected chi connectivity index (χ0v) is 19.5. The molecule has 3 fully saturated rings. The Morgan fingerprint density at radius 1 is 1.03 bits per heavy atom. The van der Waals surface area contributed by atoms with Crippen LogP contribution in [0.3, 0.4) is 0 Å². The molecule has 1 aromatic rings. The summed E-state index contributed by atoms with van der Waals surface area (Å²) in [6.45, 7) is 17.5. The molecule has 0 amide bonds. The normalized spacial score (nSPS) is 32.0. The third-order valence-electron chi connectivity index (χ3n) is 7.32. The van der Waals surface area contributed by atoms with Crippen LogP contribution in [0.15, 0.2) is 24.3 Å². The lowest BCUT2D eigenvalue weighted by molar-refractivity contribution is -0.0303. The molecule has 3 saturated heterocycles. The fraction of sp³-hybridized carbons (Fsp3) is 0.760. The molecule has 0 N–H and O–H groups in total. The van der Waals surface area contributed by atoms with Crippen LogP contribution >= 0.6 is 0 Å². The standard InChI is InChI=1S/C18H29NO.C7H12O2/c1-7-9-14-10-12-15(13-11-14)19-16(8-2)17(3,4)18(5,6)20-19;1-5-4-9-6-2-3-8-7(5)6/h10-13,16H,7-9H2,1-6H3;5-7H,2-4H2,1H3/t;5-,6+,7?/m.1/s1. The highest BCUT2D eigenvalue weighted by Gasteiger charge is 2.54. The van der Waals surface area contributed by atoms with Crippen molar-refractivity contribution in [1.29, 1.82) is 0 Å². The first kappa shape index (κ1) is 22.6. The first-order chi connectivity index (χ1) is 13.7. The Morgan fingerprint density at radius 2 is 1.72 bits per heavy atom. The molecule has 0 aromatic heterocycles. The number of hydroxylamine groups is 1. The highest BCUT2D eigenvalue weighted by molar-refractivity contribution is 5.48. The van der Waals surface area contributed by atoms with Crippen molar-refractivity contribution in [3.63, 3.8) is 0 Å². The van der Waals surface area contributed by atoms with E-state index in [1.807, 2.05) is 0 Å². The lowest BCUT2D eigenvalue weighted by Crippen LogP contribution is -2.41. The Balaban J connectivity index is 0.000000220. The first-order valence-electron chi connectivity index (χ1n) is 11.5. The molecule has 2 unspecified atom stereocenters. The monoisotopic (exact) mass is 403 g/mol. The van der Waals surface area contributed by atoms with Gasteiger partial charge in [0, 0.05) is 17.9 Å². The van der Waals surface area contributed by atoms with Crippen molar-refractivity contribution in [2.24, 2.45) is 11.3 Å². The van der Waals surface area contributed by atoms with Crippen molar-refractivity contribution in [3.8, 4) is 0 Å². The average molecular weight is 404 g/mol. The number of anilines is 1. The largest absolute Gasteiger partial charge is 0.375 e. The van der Waals surface area contributed by atoms with Gasteiger partial charge in [0.2, 0.25) is 0 Å². The minimum atomic E-state index is -0.143. The van der Waals surface area contributed by atoms with Crippen LogP contribution in [0.25, 0.3) is 0 Å². The molecule has 1 aromatic carbocycles. The van der Waals surface area contributed by atoms with Gasteiger partial charge < -0.3 is 9.47 Å². The van der Waals surface area contributed by atoms with Gasteiger partial charge in [-0.2, -0.15) is 0 Å². The molecule has 3 aliphatic rings. The Bertz CT molecular complexity index is 655. The molecular formula is C25H41NO3. The molecule has 164 valence electrons. The van der Waals surface area contributed by atoms with E-state index < -0.39 is 0 Å². The maximum Gasteiger partial charge on any atom is 0.0978 e. The lowest BCUT2D eigenvalue weighted by atomic mass is 9.72. The van der Waals surface area contributed by atoms with E-state index in [1.165, 1.54) is 17.7 Å². The van der Waals surface area contributed by atoms with Gasteiger partial charge in [0.1, 0.15) is 0 Å². The summed E-state index contributed by atoms with van der Waals surface area (Å²) >= 11 is 0. The van der Waals surface area contributed by atoms with Crippen molar-refractivity contribution in [1.82, 2.24) is 0 Å². The van der Waals surface area contributed by atoms with E-state index in [2.05, 4.69) is 77.8 Å². The second-order valence-electron chi connectivity index (χ2n) is 9.96. The van der Waals surface area contributed by atoms with Crippen molar-refractivity contribution >= 4 is 5.69 Å². The predicted octanol–water partition coefficient (Wildman–Crippen LogP) is 5.78. The zero-order valence-electron chi connectivity index (χ0n) is 19.5. The van der Waals surface area contributed by atoms with E-state index >= 15 is 0 Å². The van der Waals surface area contributed by atoms with Crippen LogP contribution in [-0.2, 0) is 20.7 Å². The summed E-state index contributed by atoms with van der Waals surface area (Å²) < 4.78 is 10.9. The number of aryl methyl sites for hydroxylation is 1. The summed E-state index contributed by atoms with van der Waals surface area (Å²) in [6.07, 6.45) is 5.39. The minimum Gasteiger partial charge on any atom is -0.375 e. The van der Waals surface area contributed by atoms with Crippen molar-refractivity contribution in [3.05, 3.63) is 29.8 Å². The van der Waals surface area contributed by atoms with Gasteiger partial charge in [-0.3, -0.25) is 4.84 Å². The quantitative estimate of drug-likeness (QED) is 0.637. The average Bonchev–Trinajstić information content (AvgIpc) is 3.32. The van der Waals surface area contributed by atoms with E-state index in [0.717, 1.165) is 32.5 Å². The highest BCUT2D eigenvalue weighted by Crippen LogP contribution is 2.49. The fourth-order valence-electron chi connectivity index (χ4n) is 4.80. The van der Waals surface area contributed by atoms with Crippen LogP contribution in [0.5, 0.6) is 0 Å². The first-order valence-corrected chi connectivity index (χ1v) is 11.5. The molecule has 0 saturated carbocycles. The molecule has 3 heterocycles. The highest BCUT2D eigenvalue weighted by atomic mass is 16.7. The third-order valence-corrected chi connectivity index (χ3v) is 7.32. The molecule has 0 aliphatic carbocycles. The number of fused-ring (bicyclic) bond motifs is 1. The zero-order chi connectivity index (χ0) is 21.2. The maximum atomic E-state index is 6.29. The molecule has 29 heavy (non-hydrogen) atoms. The number of rotatable bonds is 4. The number of nitrogens with zero attached hydrogens (tertiary/aromatic N) is 1. The second kappa shape index (κ2) is 8.95. The Morgan fingerprint density at radius 3 is 2.31 bits per heavy atom. The van der Waals surface area contributed by atoms with Crippen LogP contribution in [0.2, 0.25) is 0 Å². The smallest absolute Gasteiger partial charge is 0.0978 e. The summed E-state index contributed by atoms with van der Waals surface area (Å²) in [4.78, 5) is 6.29. The summed E-state index contributed by atoms with van der Waals surface area (Å²) in [5, 5.41) is 2.13. The summed E-state index contributed by atoms with van der Waals surface area (Å²) in [5.74, 6) is 0.623. The summed E-state index contributed by atoms with van der Waals surface area (Å²) in [7, 11) is 0. The number of benzene rings is 1. The van der Waals surface area contributed by atoms with Gasteiger partial charge in [0.15, 0.2) is 0 Å². The van der Waals surface area contributed by atoms with E-state index in [0.29, 0.717) is 24.2 Å². The molecule has 0 radical (unpaired) electrons. The Labute approximate surface area is 177 Å². The van der Waals surface area contributed by atoms with Gasteiger partial charge in [-0.15, -0.1) is 0 Å². The van der Waals surface area contributed by atoms with Gasteiger partial charge in [0.25, 0.3) is 0 Å². The van der Waals surface area contributed by atoms with E-state index in [4.69, 9.17) is 14.3 Å². The molecule has 4 rings (SSSR count). The van der Waals surface area contributed by atoms with E-state index in [9.17, 15) is 0 Å². The molecule has 4 heteroatoms. The number of hydrogen-bond acceptors (Lipinski definition) is 4. The van der Waals surface area contributed by atoms with Crippen molar-refractivity contribution < 1.29 is 14.3 Å². The number of ether oxygens (including phenoxy) is 2. The molecule has 0 spiro atoms. The minimum absolute atomic E-state index is 0.129. The lowest BCUT2D eigenvalue weighted by Gasteiger charge is -2.34. The maximum absolute atomic E-state index is 6.29. The van der Waals surface area contributed by atoms with Gasteiger partial charge in [0.05, 0.1) is 36.1 Å². The van der Waals surface area contributed by atoms with E-state index in [-0.39, 0.29) is 11.0 Å². The second-order valence-corrected chi connectivity index (χ2v) is 9.96. The van der Waals surface area contributed by atoms with Crippen LogP contribution in [0, 0.1) is 11.3 Å². The van der Waals surface area contributed by atoms with Crippen molar-refractivity contribution in [2.45, 2.75) is 98.0 Å². The van der Waals surface area contributed by atoms with Crippen LogP contribution in [-0.4, -0.2) is 37.1 Å². The predicted molar refractivity (Wildman–Crippen MR) is 119 cm³/mol. The van der Waals surface area contributed by atoms with Gasteiger partial charge in [-0.1, -0.05) is 53.2 Å². The molecule has 4 atom stereocenters. The molecule has 4 nitrogen and oxygen atoms in total. The van der Waals surface area contributed by atoms with Crippen LogP contribution < -0.4 is 5.06 Å². The summed E-state index contributed by atoms with van der Waals surface area (Å²) in [6, 6.07) is 9.27. The van der Waals surface area contributed by atoms with E-state index in [1.54, 1.807) is 0 Å². The fourth-order valence-corrected chi connectivity index (χ4v) is 4.80. The van der Waals surface area contributed by atoms with Crippen molar-refractivity contribution in [2.75, 3.05) is 18.3 Å². The van der Waals surface area contributed by atoms with Gasteiger partial charge in [-0.05, 0) is 50.8 Å². The third kappa shape index (κ3) is 4.50.